The van der Waals surface area contributed by atoms with Gasteiger partial charge < -0.3 is 15.0 Å². The van der Waals surface area contributed by atoms with Crippen LogP contribution in [0.2, 0.25) is 0 Å². The molecule has 2 aromatic rings. The number of likely N-dealkylation sites (tertiary alicyclic amines) is 1. The van der Waals surface area contributed by atoms with Crippen molar-refractivity contribution in [3.05, 3.63) is 59.2 Å². The number of anilines is 1. The quantitative estimate of drug-likeness (QED) is 0.886. The second-order valence-corrected chi connectivity index (χ2v) is 8.62. The maximum atomic E-state index is 12.7. The number of amides is 1. The van der Waals surface area contributed by atoms with Crippen LogP contribution in [0.1, 0.15) is 36.0 Å². The summed E-state index contributed by atoms with van der Waals surface area (Å²) in [6, 6.07) is 15.0. The SMILES string of the molecule is COc1cccc2c1NC(=O)C(CN1CCC3(CCc4ccccc43)CC1)C2. The molecule has 1 amide bonds. The molecule has 0 aromatic heterocycles. The normalized spacial score (nSPS) is 23.2. The van der Waals surface area contributed by atoms with Crippen LogP contribution in [0.25, 0.3) is 0 Å². The fourth-order valence-electron chi connectivity index (χ4n) is 5.55. The summed E-state index contributed by atoms with van der Waals surface area (Å²) in [7, 11) is 1.65. The van der Waals surface area contributed by atoms with Crippen molar-refractivity contribution in [3.63, 3.8) is 0 Å². The van der Waals surface area contributed by atoms with Crippen molar-refractivity contribution in [2.45, 2.75) is 37.5 Å². The first kappa shape index (κ1) is 17.7. The molecule has 146 valence electrons. The summed E-state index contributed by atoms with van der Waals surface area (Å²) in [5, 5.41) is 3.09. The Bertz CT molecular complexity index is 899. The second kappa shape index (κ2) is 6.93. The molecule has 1 saturated heterocycles. The number of hydrogen-bond donors (Lipinski definition) is 1. The number of piperidine rings is 1. The zero-order valence-electron chi connectivity index (χ0n) is 16.5. The fraction of sp³-hybridized carbons (Fsp3) is 0.458. The molecule has 2 heterocycles. The van der Waals surface area contributed by atoms with E-state index in [0.29, 0.717) is 5.41 Å². The van der Waals surface area contributed by atoms with E-state index >= 15 is 0 Å². The van der Waals surface area contributed by atoms with Crippen LogP contribution in [0.15, 0.2) is 42.5 Å². The number of nitrogens with zero attached hydrogens (tertiary/aromatic N) is 1. The summed E-state index contributed by atoms with van der Waals surface area (Å²) in [4.78, 5) is 15.2. The molecule has 3 aliphatic rings. The molecule has 0 saturated carbocycles. The number of carbonyl (C=O) groups is 1. The molecule has 1 spiro atoms. The van der Waals surface area contributed by atoms with Gasteiger partial charge in [0.15, 0.2) is 0 Å². The van der Waals surface area contributed by atoms with Gasteiger partial charge in [0.2, 0.25) is 5.91 Å². The third-order valence-electron chi connectivity index (χ3n) is 7.17. The van der Waals surface area contributed by atoms with E-state index in [2.05, 4.69) is 40.5 Å². The van der Waals surface area contributed by atoms with Gasteiger partial charge in [-0.25, -0.2) is 0 Å². The monoisotopic (exact) mass is 376 g/mol. The number of ether oxygens (including phenoxy) is 1. The Morgan fingerprint density at radius 1 is 1.07 bits per heavy atom. The lowest BCUT2D eigenvalue weighted by Gasteiger charge is -2.41. The van der Waals surface area contributed by atoms with Crippen molar-refractivity contribution in [1.82, 2.24) is 4.90 Å². The topological polar surface area (TPSA) is 41.6 Å². The number of methoxy groups -OCH3 is 1. The summed E-state index contributed by atoms with van der Waals surface area (Å²) >= 11 is 0. The molecule has 1 atom stereocenters. The van der Waals surface area contributed by atoms with Crippen molar-refractivity contribution in [2.24, 2.45) is 5.92 Å². The predicted molar refractivity (Wildman–Crippen MR) is 111 cm³/mol. The minimum absolute atomic E-state index is 0.0181. The Labute approximate surface area is 166 Å². The maximum absolute atomic E-state index is 12.7. The maximum Gasteiger partial charge on any atom is 0.229 e. The molecular formula is C24H28N2O2. The van der Waals surface area contributed by atoms with Crippen LogP contribution >= 0.6 is 0 Å². The van der Waals surface area contributed by atoms with Crippen molar-refractivity contribution in [2.75, 3.05) is 32.1 Å². The molecule has 1 unspecified atom stereocenters. The fourth-order valence-corrected chi connectivity index (χ4v) is 5.55. The molecule has 0 bridgehead atoms. The highest BCUT2D eigenvalue weighted by Gasteiger charge is 2.41. The third-order valence-corrected chi connectivity index (χ3v) is 7.17. The standard InChI is InChI=1S/C24H28N2O2/c1-28-21-8-4-6-18-15-19(23(27)25-22(18)21)16-26-13-11-24(12-14-26)10-9-17-5-2-3-7-20(17)24/h2-8,19H,9-16H2,1H3,(H,25,27). The van der Waals surface area contributed by atoms with Gasteiger partial charge in [0, 0.05) is 6.54 Å². The molecular weight excluding hydrogens is 348 g/mol. The summed E-state index contributed by atoms with van der Waals surface area (Å²) in [5.41, 5.74) is 5.55. The molecule has 5 rings (SSSR count). The summed E-state index contributed by atoms with van der Waals surface area (Å²) in [6.45, 7) is 3.02. The minimum Gasteiger partial charge on any atom is -0.495 e. The van der Waals surface area contributed by atoms with Gasteiger partial charge in [0.1, 0.15) is 5.75 Å². The Morgan fingerprint density at radius 3 is 2.68 bits per heavy atom. The Kier molecular flexibility index (Phi) is 4.39. The highest BCUT2D eigenvalue weighted by molar-refractivity contribution is 5.97. The van der Waals surface area contributed by atoms with Crippen molar-refractivity contribution < 1.29 is 9.53 Å². The van der Waals surface area contributed by atoms with Crippen LogP contribution < -0.4 is 10.1 Å². The minimum atomic E-state index is 0.0181. The number of benzene rings is 2. The zero-order valence-corrected chi connectivity index (χ0v) is 16.5. The smallest absolute Gasteiger partial charge is 0.229 e. The van der Waals surface area contributed by atoms with Gasteiger partial charge in [-0.2, -0.15) is 0 Å². The van der Waals surface area contributed by atoms with E-state index in [4.69, 9.17) is 4.74 Å². The number of fused-ring (bicyclic) bond motifs is 3. The Morgan fingerprint density at radius 2 is 1.86 bits per heavy atom. The summed E-state index contributed by atoms with van der Waals surface area (Å²) in [5.74, 6) is 0.900. The number of para-hydroxylation sites is 1. The lowest BCUT2D eigenvalue weighted by atomic mass is 9.73. The number of nitrogens with one attached hydrogen (secondary N) is 1. The van der Waals surface area contributed by atoms with Crippen molar-refractivity contribution in [1.29, 1.82) is 0 Å². The first-order chi connectivity index (χ1) is 13.7. The van der Waals surface area contributed by atoms with Gasteiger partial charge >= 0.3 is 0 Å². The van der Waals surface area contributed by atoms with E-state index in [1.807, 2.05) is 12.1 Å². The van der Waals surface area contributed by atoms with Crippen LogP contribution in [0.4, 0.5) is 5.69 Å². The van der Waals surface area contributed by atoms with E-state index in [1.165, 1.54) is 31.2 Å². The molecule has 2 aliphatic heterocycles. The van der Waals surface area contributed by atoms with E-state index in [0.717, 1.165) is 37.5 Å². The van der Waals surface area contributed by atoms with Gasteiger partial charge in [-0.3, -0.25) is 4.79 Å². The third kappa shape index (κ3) is 2.91. The van der Waals surface area contributed by atoms with Gasteiger partial charge in [-0.1, -0.05) is 36.4 Å². The molecule has 28 heavy (non-hydrogen) atoms. The highest BCUT2D eigenvalue weighted by atomic mass is 16.5. The van der Waals surface area contributed by atoms with Crippen LogP contribution in [0.3, 0.4) is 0 Å². The largest absolute Gasteiger partial charge is 0.495 e. The lowest BCUT2D eigenvalue weighted by molar-refractivity contribution is -0.121. The Hall–Kier alpha value is -2.33. The second-order valence-electron chi connectivity index (χ2n) is 8.62. The molecule has 2 aromatic carbocycles. The van der Waals surface area contributed by atoms with Crippen LogP contribution in [-0.2, 0) is 23.1 Å². The molecule has 1 N–H and O–H groups in total. The molecule has 4 heteroatoms. The van der Waals surface area contributed by atoms with Crippen molar-refractivity contribution >= 4 is 11.6 Å². The van der Waals surface area contributed by atoms with Crippen molar-refractivity contribution in [3.8, 4) is 5.75 Å². The Balaban J connectivity index is 1.26. The number of rotatable bonds is 3. The van der Waals surface area contributed by atoms with E-state index in [1.54, 1.807) is 18.2 Å². The number of hydrogen-bond acceptors (Lipinski definition) is 3. The predicted octanol–water partition coefficient (Wildman–Crippen LogP) is 3.79. The van der Waals surface area contributed by atoms with E-state index in [9.17, 15) is 4.79 Å². The highest BCUT2D eigenvalue weighted by Crippen LogP contribution is 2.46. The molecule has 4 nitrogen and oxygen atoms in total. The van der Waals surface area contributed by atoms with Crippen LogP contribution in [0, 0.1) is 5.92 Å². The molecule has 0 radical (unpaired) electrons. The average molecular weight is 377 g/mol. The average Bonchev–Trinajstić information content (AvgIpc) is 3.08. The number of aryl methyl sites for hydroxylation is 1. The van der Waals surface area contributed by atoms with Gasteiger partial charge in [0.05, 0.1) is 18.7 Å². The zero-order chi connectivity index (χ0) is 19.1. The summed E-state index contributed by atoms with van der Waals surface area (Å²) < 4.78 is 5.40. The molecule has 1 fully saturated rings. The van der Waals surface area contributed by atoms with Crippen LogP contribution in [-0.4, -0.2) is 37.6 Å². The lowest BCUT2D eigenvalue weighted by Crippen LogP contribution is -2.46. The van der Waals surface area contributed by atoms with Crippen LogP contribution in [0.5, 0.6) is 5.75 Å². The number of carbonyl (C=O) groups excluding carboxylic acids is 1. The first-order valence-electron chi connectivity index (χ1n) is 10.5. The van der Waals surface area contributed by atoms with Gasteiger partial charge in [-0.15, -0.1) is 0 Å². The first-order valence-corrected chi connectivity index (χ1v) is 10.5. The molecule has 1 aliphatic carbocycles. The van der Waals surface area contributed by atoms with E-state index < -0.39 is 0 Å². The van der Waals surface area contributed by atoms with E-state index in [-0.39, 0.29) is 11.8 Å². The van der Waals surface area contributed by atoms with Gasteiger partial charge in [-0.05, 0) is 73.4 Å². The van der Waals surface area contributed by atoms with Gasteiger partial charge in [0.25, 0.3) is 0 Å². The summed E-state index contributed by atoms with van der Waals surface area (Å²) in [6.07, 6.45) is 5.73.